The lowest BCUT2D eigenvalue weighted by molar-refractivity contribution is -0.0207. The Morgan fingerprint density at radius 3 is 2.96 bits per heavy atom. The van der Waals surface area contributed by atoms with Gasteiger partial charge in [-0.3, -0.25) is 4.57 Å². The SMILES string of the molecule is CC1(C)CCC(c2noc(N3C=NC4c5ccccc5-n5cncc5N43)n2)O1. The average molecular weight is 377 g/mol. The number of hydrogen-bond donors (Lipinski definition) is 0. The van der Waals surface area contributed by atoms with Gasteiger partial charge in [-0.2, -0.15) is 9.99 Å². The van der Waals surface area contributed by atoms with Crippen LogP contribution in [0.5, 0.6) is 0 Å². The minimum absolute atomic E-state index is 0.143. The van der Waals surface area contributed by atoms with Crippen LogP contribution in [0, 0.1) is 0 Å². The molecule has 2 aromatic heterocycles. The molecule has 142 valence electrons. The van der Waals surface area contributed by atoms with Gasteiger partial charge < -0.3 is 9.26 Å². The van der Waals surface area contributed by atoms with Gasteiger partial charge in [0.25, 0.3) is 0 Å². The van der Waals surface area contributed by atoms with E-state index in [-0.39, 0.29) is 17.9 Å². The summed E-state index contributed by atoms with van der Waals surface area (Å²) in [6.07, 6.45) is 6.84. The van der Waals surface area contributed by atoms with Crippen molar-refractivity contribution < 1.29 is 9.26 Å². The summed E-state index contributed by atoms with van der Waals surface area (Å²) >= 11 is 0. The van der Waals surface area contributed by atoms with Crippen LogP contribution in [-0.4, -0.2) is 31.6 Å². The highest BCUT2D eigenvalue weighted by molar-refractivity contribution is 5.84. The summed E-state index contributed by atoms with van der Waals surface area (Å²) in [5.74, 6) is 1.46. The van der Waals surface area contributed by atoms with E-state index in [1.165, 1.54) is 0 Å². The van der Waals surface area contributed by atoms with Gasteiger partial charge in [-0.05, 0) is 32.8 Å². The summed E-state index contributed by atoms with van der Waals surface area (Å²) in [6, 6.07) is 8.54. The second-order valence-corrected chi connectivity index (χ2v) is 7.85. The minimum atomic E-state index is -0.197. The van der Waals surface area contributed by atoms with E-state index < -0.39 is 0 Å². The van der Waals surface area contributed by atoms with Crippen molar-refractivity contribution >= 4 is 18.2 Å². The van der Waals surface area contributed by atoms with E-state index in [0.717, 1.165) is 29.9 Å². The number of benzene rings is 1. The van der Waals surface area contributed by atoms with Gasteiger partial charge in [0.2, 0.25) is 5.82 Å². The molecule has 1 fully saturated rings. The maximum atomic E-state index is 6.04. The van der Waals surface area contributed by atoms with Gasteiger partial charge in [0.1, 0.15) is 18.8 Å². The predicted octanol–water partition coefficient (Wildman–Crippen LogP) is 3.17. The molecule has 0 N–H and O–H groups in total. The molecule has 0 amide bonds. The van der Waals surface area contributed by atoms with Crippen molar-refractivity contribution in [3.8, 4) is 5.69 Å². The number of hydrazine groups is 1. The van der Waals surface area contributed by atoms with Crippen LogP contribution in [0.25, 0.3) is 5.69 Å². The second-order valence-electron chi connectivity index (χ2n) is 7.85. The third-order valence-corrected chi connectivity index (χ3v) is 5.49. The molecule has 5 heterocycles. The monoisotopic (exact) mass is 377 g/mol. The van der Waals surface area contributed by atoms with Crippen LogP contribution in [0.15, 0.2) is 46.3 Å². The smallest absolute Gasteiger partial charge is 0.348 e. The van der Waals surface area contributed by atoms with E-state index in [1.807, 2.05) is 27.9 Å². The number of ether oxygens (including phenoxy) is 1. The van der Waals surface area contributed by atoms with Crippen LogP contribution in [0.2, 0.25) is 0 Å². The first-order valence-corrected chi connectivity index (χ1v) is 9.35. The van der Waals surface area contributed by atoms with Crippen molar-refractivity contribution in [3.05, 3.63) is 48.2 Å². The van der Waals surface area contributed by atoms with Crippen LogP contribution in [0.1, 0.15) is 50.3 Å². The summed E-state index contributed by atoms with van der Waals surface area (Å²) in [7, 11) is 0. The number of imidazole rings is 1. The fraction of sp³-hybridized carbons (Fsp3) is 0.368. The topological polar surface area (TPSA) is 84.8 Å². The highest BCUT2D eigenvalue weighted by Crippen LogP contribution is 2.43. The molecule has 0 aliphatic carbocycles. The van der Waals surface area contributed by atoms with Crippen LogP contribution >= 0.6 is 0 Å². The maximum absolute atomic E-state index is 6.04. The fourth-order valence-corrected chi connectivity index (χ4v) is 4.13. The van der Waals surface area contributed by atoms with E-state index in [4.69, 9.17) is 14.3 Å². The third-order valence-electron chi connectivity index (χ3n) is 5.49. The zero-order chi connectivity index (χ0) is 18.9. The van der Waals surface area contributed by atoms with Crippen LogP contribution in [-0.2, 0) is 4.74 Å². The highest BCUT2D eigenvalue weighted by Gasteiger charge is 2.41. The quantitative estimate of drug-likeness (QED) is 0.678. The molecule has 9 heteroatoms. The van der Waals surface area contributed by atoms with Gasteiger partial charge >= 0.3 is 6.01 Å². The van der Waals surface area contributed by atoms with Crippen molar-refractivity contribution in [1.29, 1.82) is 0 Å². The Kier molecular flexibility index (Phi) is 3.06. The minimum Gasteiger partial charge on any atom is -0.364 e. The number of fused-ring (bicyclic) bond motifs is 6. The largest absolute Gasteiger partial charge is 0.364 e. The standard InChI is InChI=1S/C19H19N7O2/c1-19(2)8-7-14(27-19)16-22-18(28-23-16)25-11-21-17-12-5-3-4-6-13(12)24-10-20-9-15(24)26(17)25/h3-6,9-11,14,17H,7-8H2,1-2H3. The molecule has 2 unspecified atom stereocenters. The average Bonchev–Trinajstić information content (AvgIpc) is 3.46. The van der Waals surface area contributed by atoms with Gasteiger partial charge in [-0.15, -0.1) is 0 Å². The number of aromatic nitrogens is 4. The van der Waals surface area contributed by atoms with E-state index in [9.17, 15) is 0 Å². The zero-order valence-corrected chi connectivity index (χ0v) is 15.6. The zero-order valence-electron chi connectivity index (χ0n) is 15.6. The number of rotatable bonds is 2. The van der Waals surface area contributed by atoms with Crippen LogP contribution in [0.4, 0.5) is 11.8 Å². The summed E-state index contributed by atoms with van der Waals surface area (Å²) in [5, 5.41) is 7.96. The van der Waals surface area contributed by atoms with Gasteiger partial charge in [0.05, 0.1) is 17.5 Å². The molecular formula is C19H19N7O2. The summed E-state index contributed by atoms with van der Waals surface area (Å²) in [6.45, 7) is 4.16. The number of hydrogen-bond acceptors (Lipinski definition) is 8. The summed E-state index contributed by atoms with van der Waals surface area (Å²) < 4.78 is 13.7. The van der Waals surface area contributed by atoms with Crippen LogP contribution < -0.4 is 10.0 Å². The molecule has 1 saturated heterocycles. The van der Waals surface area contributed by atoms with Gasteiger partial charge in [0, 0.05) is 5.56 Å². The molecule has 28 heavy (non-hydrogen) atoms. The molecular weight excluding hydrogens is 358 g/mol. The first-order chi connectivity index (χ1) is 13.6. The molecule has 6 rings (SSSR count). The Morgan fingerprint density at radius 2 is 2.11 bits per heavy atom. The van der Waals surface area contributed by atoms with Gasteiger partial charge in [-0.25, -0.2) is 15.0 Å². The van der Waals surface area contributed by atoms with Crippen LogP contribution in [0.3, 0.4) is 0 Å². The van der Waals surface area contributed by atoms with Crippen molar-refractivity contribution in [2.75, 3.05) is 10.0 Å². The lowest BCUT2D eigenvalue weighted by atomic mass is 10.1. The fourth-order valence-electron chi connectivity index (χ4n) is 4.13. The Balaban J connectivity index is 1.37. The molecule has 3 aromatic rings. The molecule has 0 radical (unpaired) electrons. The molecule has 0 bridgehead atoms. The van der Waals surface area contributed by atoms with Crippen molar-refractivity contribution in [3.63, 3.8) is 0 Å². The summed E-state index contributed by atoms with van der Waals surface area (Å²) in [5.41, 5.74) is 2.00. The summed E-state index contributed by atoms with van der Waals surface area (Å²) in [4.78, 5) is 13.6. The molecule has 3 aliphatic heterocycles. The number of aliphatic imine (C=N–C) groups is 1. The van der Waals surface area contributed by atoms with Gasteiger partial charge in [0.15, 0.2) is 12.0 Å². The first-order valence-electron chi connectivity index (χ1n) is 9.35. The Morgan fingerprint density at radius 1 is 1.21 bits per heavy atom. The first kappa shape index (κ1) is 15.8. The van der Waals surface area contributed by atoms with Crippen molar-refractivity contribution in [2.45, 2.75) is 44.6 Å². The predicted molar refractivity (Wildman–Crippen MR) is 101 cm³/mol. The lowest BCUT2D eigenvalue weighted by Crippen LogP contribution is -2.42. The highest BCUT2D eigenvalue weighted by atomic mass is 16.5. The number of anilines is 2. The third kappa shape index (κ3) is 2.16. The molecule has 2 atom stereocenters. The maximum Gasteiger partial charge on any atom is 0.348 e. The lowest BCUT2D eigenvalue weighted by Gasteiger charge is -2.35. The molecule has 3 aliphatic rings. The number of para-hydroxylation sites is 1. The Bertz CT molecular complexity index is 1090. The Hall–Kier alpha value is -3.20. The van der Waals surface area contributed by atoms with E-state index in [1.54, 1.807) is 17.7 Å². The molecule has 0 saturated carbocycles. The molecule has 9 nitrogen and oxygen atoms in total. The molecule has 0 spiro atoms. The van der Waals surface area contributed by atoms with E-state index >= 15 is 0 Å². The molecule has 1 aromatic carbocycles. The second kappa shape index (κ2) is 5.41. The number of nitrogens with zero attached hydrogens (tertiary/aromatic N) is 7. The van der Waals surface area contributed by atoms with E-state index in [2.05, 4.69) is 41.1 Å². The normalized spacial score (nSPS) is 24.4. The van der Waals surface area contributed by atoms with Crippen molar-refractivity contribution in [2.24, 2.45) is 4.99 Å². The van der Waals surface area contributed by atoms with Gasteiger partial charge in [-0.1, -0.05) is 23.4 Å². The van der Waals surface area contributed by atoms with E-state index in [0.29, 0.717) is 11.8 Å². The van der Waals surface area contributed by atoms with Crippen molar-refractivity contribution in [1.82, 2.24) is 19.7 Å². The Labute approximate surface area is 161 Å².